The van der Waals surface area contributed by atoms with E-state index in [4.69, 9.17) is 15.2 Å². The van der Waals surface area contributed by atoms with Gasteiger partial charge in [0.2, 0.25) is 5.88 Å². The number of alkyl halides is 1. The molecule has 1 aliphatic heterocycles. The zero-order valence-electron chi connectivity index (χ0n) is 25.2. The number of hydrogen-bond donors (Lipinski definition) is 1. The highest BCUT2D eigenvalue weighted by Crippen LogP contribution is 2.36. The number of nitrogen functional groups attached to an aromatic ring is 1. The van der Waals surface area contributed by atoms with Gasteiger partial charge < -0.3 is 20.1 Å². The van der Waals surface area contributed by atoms with Crippen molar-refractivity contribution in [2.24, 2.45) is 0 Å². The molecule has 0 spiro atoms. The molecule has 0 amide bonds. The van der Waals surface area contributed by atoms with Gasteiger partial charge in [-0.3, -0.25) is 9.18 Å². The van der Waals surface area contributed by atoms with Gasteiger partial charge in [0.25, 0.3) is 0 Å². The number of fused-ring (bicyclic) bond motifs is 1. The minimum Gasteiger partial charge on any atom is -0.436 e. The molecule has 2 N–H and O–H groups in total. The lowest BCUT2D eigenvalue weighted by molar-refractivity contribution is 0.103. The minimum atomic E-state index is -3.54. The Bertz CT molecular complexity index is 1940. The number of Topliss-reactive ketones (excluding diaryl/α,β-unsaturated/α-hetero) is 1. The highest BCUT2D eigenvalue weighted by atomic mass is 32.2. The summed E-state index contributed by atoms with van der Waals surface area (Å²) in [5, 5.41) is 4.36. The van der Waals surface area contributed by atoms with Crippen molar-refractivity contribution < 1.29 is 31.5 Å². The van der Waals surface area contributed by atoms with Crippen molar-refractivity contribution in [2.45, 2.75) is 25.5 Å². The number of morpholine rings is 1. The number of benzene rings is 2. The lowest BCUT2D eigenvalue weighted by Crippen LogP contribution is -2.37. The third kappa shape index (κ3) is 6.51. The van der Waals surface area contributed by atoms with Crippen LogP contribution in [0.1, 0.15) is 39.0 Å². The molecule has 3 heterocycles. The summed E-state index contributed by atoms with van der Waals surface area (Å²) in [6.07, 6.45) is 4.96. The van der Waals surface area contributed by atoms with Crippen molar-refractivity contribution >= 4 is 33.2 Å². The predicted octanol–water partition coefficient (Wildman–Crippen LogP) is 5.02. The second-order valence-electron chi connectivity index (χ2n) is 11.3. The van der Waals surface area contributed by atoms with Gasteiger partial charge in [-0.15, -0.1) is 0 Å². The second kappa shape index (κ2) is 13.0. The third-order valence-corrected chi connectivity index (χ3v) is 9.71. The van der Waals surface area contributed by atoms with Crippen molar-refractivity contribution in [1.29, 1.82) is 0 Å². The number of aryl methyl sites for hydroxylation is 1. The quantitative estimate of drug-likeness (QED) is 0.223. The molecular weight excluding hydrogens is 616 g/mol. The normalized spacial score (nSPS) is 14.7. The van der Waals surface area contributed by atoms with Crippen LogP contribution >= 0.6 is 0 Å². The Kier molecular flexibility index (Phi) is 8.87. The van der Waals surface area contributed by atoms with Crippen molar-refractivity contribution in [1.82, 2.24) is 14.8 Å². The molecule has 13 heteroatoms. The van der Waals surface area contributed by atoms with Crippen LogP contribution in [0, 0.1) is 12.7 Å². The number of hydrogen-bond acceptors (Lipinski definition) is 9. The molecular formula is C33H33F2N5O5S. The number of pyridine rings is 1. The topological polar surface area (TPSA) is 130 Å². The number of ketones is 1. The van der Waals surface area contributed by atoms with Crippen molar-refractivity contribution in [2.75, 3.05) is 49.4 Å². The van der Waals surface area contributed by atoms with E-state index in [9.17, 15) is 22.0 Å². The van der Waals surface area contributed by atoms with Gasteiger partial charge in [-0.05, 0) is 59.9 Å². The molecule has 1 aliphatic carbocycles. The summed E-state index contributed by atoms with van der Waals surface area (Å²) in [5.41, 5.74) is 11.4. The summed E-state index contributed by atoms with van der Waals surface area (Å²) in [6, 6.07) is 11.4. The maximum absolute atomic E-state index is 14.0. The summed E-state index contributed by atoms with van der Waals surface area (Å²) in [7, 11) is -3.54. The Hall–Kier alpha value is -4.62. The molecule has 2 aromatic heterocycles. The van der Waals surface area contributed by atoms with Gasteiger partial charge in [0, 0.05) is 36.8 Å². The largest absolute Gasteiger partial charge is 0.436 e. The highest BCUT2D eigenvalue weighted by molar-refractivity contribution is 7.90. The van der Waals surface area contributed by atoms with E-state index in [-0.39, 0.29) is 46.7 Å². The van der Waals surface area contributed by atoms with Gasteiger partial charge in [0.15, 0.2) is 27.2 Å². The molecule has 6 rings (SSSR count). The number of ether oxygens (including phenoxy) is 2. The molecule has 0 atom stereocenters. The molecule has 46 heavy (non-hydrogen) atoms. The van der Waals surface area contributed by atoms with Crippen LogP contribution in [0.25, 0.3) is 11.8 Å². The first-order valence-electron chi connectivity index (χ1n) is 14.9. The predicted molar refractivity (Wildman–Crippen MR) is 171 cm³/mol. The number of halogens is 2. The highest BCUT2D eigenvalue weighted by Gasteiger charge is 2.28. The standard InChI is InChI=1S/C33H33F2N5O5S/c1-21-13-31(45-30-6-3-2-5-27(30)35)37-19-29(21)40-33(36)26(18-38-40)32(41)24-14-22-16-25(20-46(42,43)12-4-7-34)28(17-23(22)15-24)39-8-10-44-11-9-39/h2-3,5-6,13,15-19H,4,7-12,14,20,36H2,1H3. The molecule has 1 saturated heterocycles. The number of nitrogens with zero attached hydrogens (tertiary/aromatic N) is 4. The third-order valence-electron chi connectivity index (χ3n) is 8.05. The first-order chi connectivity index (χ1) is 22.1. The molecule has 2 aliphatic rings. The van der Waals surface area contributed by atoms with Gasteiger partial charge in [0.1, 0.15) is 5.82 Å². The summed E-state index contributed by atoms with van der Waals surface area (Å²) in [4.78, 5) is 20.1. The fourth-order valence-electron chi connectivity index (χ4n) is 5.71. The van der Waals surface area contributed by atoms with Crippen molar-refractivity contribution in [3.8, 4) is 17.3 Å². The Morgan fingerprint density at radius 3 is 2.63 bits per heavy atom. The maximum atomic E-state index is 14.0. The monoisotopic (exact) mass is 649 g/mol. The zero-order chi connectivity index (χ0) is 32.4. The van der Waals surface area contributed by atoms with Gasteiger partial charge in [-0.2, -0.15) is 5.10 Å². The van der Waals surface area contributed by atoms with Gasteiger partial charge in [0.05, 0.1) is 55.0 Å². The van der Waals surface area contributed by atoms with E-state index in [0.717, 1.165) is 16.8 Å². The van der Waals surface area contributed by atoms with E-state index in [1.165, 1.54) is 29.2 Å². The number of carbonyl (C=O) groups is 1. The number of anilines is 2. The van der Waals surface area contributed by atoms with Crippen LogP contribution in [-0.4, -0.2) is 67.7 Å². The van der Waals surface area contributed by atoms with Crippen molar-refractivity contribution in [3.05, 3.63) is 94.1 Å². The Labute approximate surface area is 265 Å². The van der Waals surface area contributed by atoms with Crippen LogP contribution < -0.4 is 15.4 Å². The van der Waals surface area contributed by atoms with Crippen LogP contribution in [-0.2, 0) is 26.7 Å². The first kappa shape index (κ1) is 31.4. The summed E-state index contributed by atoms with van der Waals surface area (Å²) < 4.78 is 64.9. The Morgan fingerprint density at radius 1 is 1.11 bits per heavy atom. The van der Waals surface area contributed by atoms with Crippen LogP contribution in [0.4, 0.5) is 20.3 Å². The van der Waals surface area contributed by atoms with Crippen LogP contribution in [0.15, 0.2) is 60.4 Å². The lowest BCUT2D eigenvalue weighted by Gasteiger charge is -2.31. The maximum Gasteiger partial charge on any atom is 0.219 e. The molecule has 2 aromatic carbocycles. The molecule has 240 valence electrons. The molecule has 0 unspecified atom stereocenters. The fourth-order valence-corrected chi connectivity index (χ4v) is 7.11. The smallest absolute Gasteiger partial charge is 0.219 e. The van der Waals surface area contributed by atoms with Gasteiger partial charge in [-0.25, -0.2) is 22.5 Å². The average molecular weight is 650 g/mol. The van der Waals surface area contributed by atoms with E-state index in [1.807, 2.05) is 12.1 Å². The zero-order valence-corrected chi connectivity index (χ0v) is 26.0. The van der Waals surface area contributed by atoms with Gasteiger partial charge in [-0.1, -0.05) is 18.2 Å². The number of rotatable bonds is 11. The molecule has 0 radical (unpaired) electrons. The molecule has 1 fully saturated rings. The first-order valence-corrected chi connectivity index (χ1v) is 16.7. The summed E-state index contributed by atoms with van der Waals surface area (Å²) in [5.74, 6) is -0.896. The van der Waals surface area contributed by atoms with Crippen LogP contribution in [0.2, 0.25) is 0 Å². The van der Waals surface area contributed by atoms with Crippen molar-refractivity contribution in [3.63, 3.8) is 0 Å². The van der Waals surface area contributed by atoms with Gasteiger partial charge >= 0.3 is 0 Å². The number of sulfone groups is 1. The summed E-state index contributed by atoms with van der Waals surface area (Å²) >= 11 is 0. The number of nitrogens with two attached hydrogens (primary N) is 1. The number of para-hydroxylation sites is 1. The van der Waals surface area contributed by atoms with E-state index >= 15 is 0 Å². The molecule has 0 bridgehead atoms. The average Bonchev–Trinajstić information content (AvgIpc) is 3.64. The Morgan fingerprint density at radius 2 is 1.89 bits per heavy atom. The van der Waals surface area contributed by atoms with E-state index in [0.29, 0.717) is 55.1 Å². The molecule has 0 saturated carbocycles. The number of aromatic nitrogens is 3. The van der Waals surface area contributed by atoms with Crippen LogP contribution in [0.3, 0.4) is 0 Å². The van der Waals surface area contributed by atoms with Crippen LogP contribution in [0.5, 0.6) is 11.6 Å². The summed E-state index contributed by atoms with van der Waals surface area (Å²) in [6.45, 7) is 3.35. The second-order valence-corrected chi connectivity index (χ2v) is 13.5. The van der Waals surface area contributed by atoms with E-state index in [2.05, 4.69) is 15.0 Å². The number of carbonyl (C=O) groups excluding carboxylic acids is 1. The van der Waals surface area contributed by atoms with E-state index in [1.54, 1.807) is 31.2 Å². The fraction of sp³-hybridized carbons (Fsp3) is 0.303. The molecule has 10 nitrogen and oxygen atoms in total. The van der Waals surface area contributed by atoms with E-state index < -0.39 is 22.3 Å². The minimum absolute atomic E-state index is 0.0436. The SMILES string of the molecule is Cc1cc(Oc2ccccc2F)ncc1-n1ncc(C(=O)C2=Cc3cc(N4CCOCC4)c(CS(=O)(=O)CCCF)cc3C2)c1N. The molecule has 4 aromatic rings. The Balaban J connectivity index is 1.25. The lowest BCUT2D eigenvalue weighted by atomic mass is 10.0. The number of allylic oxidation sites excluding steroid dienone is 1.